The Morgan fingerprint density at radius 3 is 2.80 bits per heavy atom. The molecule has 0 spiro atoms. The van der Waals surface area contributed by atoms with Crippen LogP contribution in [0, 0.1) is 0 Å². The Kier molecular flexibility index (Phi) is 5.76. The minimum absolute atomic E-state index is 0.427. The molecule has 6 heteroatoms. The third-order valence-electron chi connectivity index (χ3n) is 2.56. The number of ether oxygens (including phenoxy) is 1. The average Bonchev–Trinajstić information content (AvgIpc) is 2.95. The van der Waals surface area contributed by atoms with Crippen molar-refractivity contribution >= 4 is 28.7 Å². The van der Waals surface area contributed by atoms with Crippen LogP contribution in [0.1, 0.15) is 26.1 Å². The van der Waals surface area contributed by atoms with Crippen molar-refractivity contribution in [1.29, 1.82) is 0 Å². The van der Waals surface area contributed by atoms with E-state index in [4.69, 9.17) is 4.74 Å². The molecule has 0 saturated heterocycles. The second-order valence-electron chi connectivity index (χ2n) is 4.26. The van der Waals surface area contributed by atoms with Gasteiger partial charge in [0.1, 0.15) is 18.2 Å². The van der Waals surface area contributed by atoms with E-state index in [1.54, 1.807) is 11.3 Å². The van der Waals surface area contributed by atoms with Crippen molar-refractivity contribution in [3.05, 3.63) is 28.7 Å². The van der Waals surface area contributed by atoms with E-state index in [0.717, 1.165) is 30.3 Å². The normalized spacial score (nSPS) is 10.5. The second-order valence-corrected chi connectivity index (χ2v) is 5.04. The number of rotatable bonds is 8. The maximum atomic E-state index is 5.39. The van der Waals surface area contributed by atoms with Crippen LogP contribution in [0.15, 0.2) is 22.9 Å². The predicted molar refractivity (Wildman–Crippen MR) is 83.7 cm³/mol. The maximum absolute atomic E-state index is 5.39. The van der Waals surface area contributed by atoms with E-state index >= 15 is 0 Å². The molecule has 0 aliphatic heterocycles. The van der Waals surface area contributed by atoms with Gasteiger partial charge in [-0.2, -0.15) is 11.3 Å². The highest BCUT2D eigenvalue weighted by atomic mass is 32.1. The van der Waals surface area contributed by atoms with Crippen molar-refractivity contribution in [3.8, 4) is 0 Å². The Balaban J connectivity index is 2.15. The van der Waals surface area contributed by atoms with Crippen molar-refractivity contribution < 1.29 is 4.74 Å². The molecule has 0 fully saturated rings. The Bertz CT molecular complexity index is 490. The lowest BCUT2D eigenvalue weighted by Crippen LogP contribution is -2.08. The van der Waals surface area contributed by atoms with E-state index in [1.165, 1.54) is 0 Å². The lowest BCUT2D eigenvalue weighted by molar-refractivity contribution is 0.128. The minimum Gasteiger partial charge on any atom is -0.374 e. The largest absolute Gasteiger partial charge is 0.374 e. The van der Waals surface area contributed by atoms with Crippen LogP contribution in [0.4, 0.5) is 17.3 Å². The zero-order chi connectivity index (χ0) is 14.2. The number of aromatic nitrogens is 2. The molecule has 0 saturated carbocycles. The Hall–Kier alpha value is -1.66. The third-order valence-corrected chi connectivity index (χ3v) is 3.24. The van der Waals surface area contributed by atoms with Crippen molar-refractivity contribution in [2.45, 2.75) is 26.9 Å². The van der Waals surface area contributed by atoms with Gasteiger partial charge in [-0.1, -0.05) is 6.92 Å². The summed E-state index contributed by atoms with van der Waals surface area (Å²) in [5, 5.41) is 10.6. The summed E-state index contributed by atoms with van der Waals surface area (Å²) in [6, 6.07) is 3.94. The minimum atomic E-state index is 0.427. The van der Waals surface area contributed by atoms with Gasteiger partial charge in [-0.15, -0.1) is 0 Å². The molecule has 2 aromatic rings. The van der Waals surface area contributed by atoms with Crippen molar-refractivity contribution in [3.63, 3.8) is 0 Å². The molecule has 0 aliphatic rings. The van der Waals surface area contributed by atoms with Gasteiger partial charge in [-0.3, -0.25) is 0 Å². The van der Waals surface area contributed by atoms with Gasteiger partial charge in [0, 0.05) is 24.6 Å². The fourth-order valence-corrected chi connectivity index (χ4v) is 2.23. The second kappa shape index (κ2) is 7.81. The number of hydrogen-bond donors (Lipinski definition) is 2. The lowest BCUT2D eigenvalue weighted by atomic mass is 10.4. The molecule has 2 aromatic heterocycles. The maximum Gasteiger partial charge on any atom is 0.158 e. The highest BCUT2D eigenvalue weighted by Crippen LogP contribution is 2.20. The first-order chi connectivity index (χ1) is 9.81. The van der Waals surface area contributed by atoms with E-state index in [2.05, 4.69) is 27.5 Å². The lowest BCUT2D eigenvalue weighted by Gasteiger charge is -2.10. The quantitative estimate of drug-likeness (QED) is 0.778. The van der Waals surface area contributed by atoms with Crippen LogP contribution in [-0.4, -0.2) is 23.1 Å². The number of nitrogens with zero attached hydrogens (tertiary/aromatic N) is 2. The van der Waals surface area contributed by atoms with E-state index in [9.17, 15) is 0 Å². The summed E-state index contributed by atoms with van der Waals surface area (Å²) in [6.45, 7) is 6.06. The van der Waals surface area contributed by atoms with E-state index in [-0.39, 0.29) is 0 Å². The average molecular weight is 292 g/mol. The van der Waals surface area contributed by atoms with Gasteiger partial charge in [0.15, 0.2) is 5.82 Å². The van der Waals surface area contributed by atoms with Crippen LogP contribution in [0.25, 0.3) is 0 Å². The molecule has 0 unspecified atom stereocenters. The van der Waals surface area contributed by atoms with Gasteiger partial charge in [-0.05, 0) is 24.8 Å². The van der Waals surface area contributed by atoms with Crippen LogP contribution in [0.3, 0.4) is 0 Å². The number of anilines is 3. The number of hydrogen-bond acceptors (Lipinski definition) is 6. The van der Waals surface area contributed by atoms with E-state index in [1.807, 2.05) is 29.8 Å². The molecule has 0 aromatic carbocycles. The summed E-state index contributed by atoms with van der Waals surface area (Å²) in [4.78, 5) is 8.92. The molecular formula is C14H20N4OS. The SMILES string of the molecule is CCCNc1cc(Nc2ccsc2)nc(COCC)n1. The van der Waals surface area contributed by atoms with Crippen molar-refractivity contribution in [2.24, 2.45) is 0 Å². The first kappa shape index (κ1) is 14.7. The summed E-state index contributed by atoms with van der Waals surface area (Å²) >= 11 is 1.65. The molecule has 2 rings (SSSR count). The highest BCUT2D eigenvalue weighted by molar-refractivity contribution is 7.08. The van der Waals surface area contributed by atoms with E-state index in [0.29, 0.717) is 19.0 Å². The van der Waals surface area contributed by atoms with Crippen LogP contribution >= 0.6 is 11.3 Å². The zero-order valence-corrected chi connectivity index (χ0v) is 12.7. The van der Waals surface area contributed by atoms with Crippen LogP contribution in [-0.2, 0) is 11.3 Å². The van der Waals surface area contributed by atoms with Gasteiger partial charge in [0.05, 0.1) is 5.69 Å². The smallest absolute Gasteiger partial charge is 0.158 e. The zero-order valence-electron chi connectivity index (χ0n) is 11.8. The summed E-state index contributed by atoms with van der Waals surface area (Å²) in [5.74, 6) is 2.30. The molecule has 0 radical (unpaired) electrons. The molecular weight excluding hydrogens is 272 g/mol. The fourth-order valence-electron chi connectivity index (χ4n) is 1.65. The first-order valence-electron chi connectivity index (χ1n) is 6.80. The fraction of sp³-hybridized carbons (Fsp3) is 0.429. The van der Waals surface area contributed by atoms with Crippen molar-refractivity contribution in [1.82, 2.24) is 9.97 Å². The predicted octanol–water partition coefficient (Wildman–Crippen LogP) is 3.64. The molecule has 0 atom stereocenters. The van der Waals surface area contributed by atoms with Crippen molar-refractivity contribution in [2.75, 3.05) is 23.8 Å². The number of thiophene rings is 1. The topological polar surface area (TPSA) is 59.1 Å². The molecule has 5 nitrogen and oxygen atoms in total. The third kappa shape index (κ3) is 4.47. The summed E-state index contributed by atoms with van der Waals surface area (Å²) in [7, 11) is 0. The summed E-state index contributed by atoms with van der Waals surface area (Å²) in [6.07, 6.45) is 1.05. The standard InChI is InChI=1S/C14H20N4OS/c1-3-6-15-12-8-13(16-11-5-7-20-10-11)18-14(17-12)9-19-4-2/h5,7-8,10H,3-4,6,9H2,1-2H3,(H2,15,16,17,18). The monoisotopic (exact) mass is 292 g/mol. The first-order valence-corrected chi connectivity index (χ1v) is 7.75. The molecule has 20 heavy (non-hydrogen) atoms. The Labute approximate surface area is 123 Å². The summed E-state index contributed by atoms with van der Waals surface area (Å²) < 4.78 is 5.39. The number of nitrogens with one attached hydrogen (secondary N) is 2. The van der Waals surface area contributed by atoms with Crippen LogP contribution in [0.5, 0.6) is 0 Å². The van der Waals surface area contributed by atoms with Gasteiger partial charge in [-0.25, -0.2) is 9.97 Å². The van der Waals surface area contributed by atoms with Gasteiger partial charge < -0.3 is 15.4 Å². The molecule has 0 aliphatic carbocycles. The molecule has 2 heterocycles. The highest BCUT2D eigenvalue weighted by Gasteiger charge is 2.05. The Morgan fingerprint density at radius 1 is 1.25 bits per heavy atom. The Morgan fingerprint density at radius 2 is 2.10 bits per heavy atom. The van der Waals surface area contributed by atoms with Gasteiger partial charge >= 0.3 is 0 Å². The van der Waals surface area contributed by atoms with E-state index < -0.39 is 0 Å². The van der Waals surface area contributed by atoms with Gasteiger partial charge in [0.25, 0.3) is 0 Å². The van der Waals surface area contributed by atoms with Crippen LogP contribution in [0.2, 0.25) is 0 Å². The molecule has 0 bridgehead atoms. The molecule has 0 amide bonds. The van der Waals surface area contributed by atoms with Gasteiger partial charge in [0.2, 0.25) is 0 Å². The summed E-state index contributed by atoms with van der Waals surface area (Å²) in [5.41, 5.74) is 1.04. The van der Waals surface area contributed by atoms with Crippen LogP contribution < -0.4 is 10.6 Å². The molecule has 2 N–H and O–H groups in total. The molecule has 108 valence electrons.